The summed E-state index contributed by atoms with van der Waals surface area (Å²) in [5.74, 6) is -0.772. The molecule has 2 amide bonds. The first-order valence-electron chi connectivity index (χ1n) is 7.25. The second-order valence-electron chi connectivity index (χ2n) is 4.95. The summed E-state index contributed by atoms with van der Waals surface area (Å²) < 4.78 is 31.7. The highest BCUT2D eigenvalue weighted by atomic mass is 19.1. The van der Waals surface area contributed by atoms with E-state index in [0.717, 1.165) is 17.4 Å². The van der Waals surface area contributed by atoms with Crippen LogP contribution in [0.3, 0.4) is 0 Å². The van der Waals surface area contributed by atoms with Crippen LogP contribution in [-0.4, -0.2) is 12.6 Å². The lowest BCUT2D eigenvalue weighted by Crippen LogP contribution is -2.31. The average molecular weight is 320 g/mol. The Morgan fingerprint density at radius 3 is 2.48 bits per heavy atom. The van der Waals surface area contributed by atoms with Gasteiger partial charge >= 0.3 is 6.03 Å². The predicted octanol–water partition coefficient (Wildman–Crippen LogP) is 4.25. The van der Waals surface area contributed by atoms with Crippen LogP contribution in [0.1, 0.15) is 25.5 Å². The molecule has 2 aromatic carbocycles. The zero-order valence-electron chi connectivity index (χ0n) is 12.9. The van der Waals surface area contributed by atoms with E-state index in [4.69, 9.17) is 4.74 Å². The minimum Gasteiger partial charge on any atom is -0.494 e. The van der Waals surface area contributed by atoms with Crippen molar-refractivity contribution in [3.63, 3.8) is 0 Å². The van der Waals surface area contributed by atoms with Gasteiger partial charge in [-0.2, -0.15) is 0 Å². The monoisotopic (exact) mass is 320 g/mol. The van der Waals surface area contributed by atoms with Crippen molar-refractivity contribution in [2.75, 3.05) is 11.9 Å². The van der Waals surface area contributed by atoms with Crippen molar-refractivity contribution < 1.29 is 18.3 Å². The fraction of sp³-hybridized carbons (Fsp3) is 0.235. The maximum atomic E-state index is 13.5. The zero-order valence-corrected chi connectivity index (χ0v) is 12.9. The van der Waals surface area contributed by atoms with Crippen molar-refractivity contribution in [2.24, 2.45) is 0 Å². The lowest BCUT2D eigenvalue weighted by atomic mass is 10.1. The molecule has 1 atom stereocenters. The Kier molecular flexibility index (Phi) is 5.51. The highest BCUT2D eigenvalue weighted by Crippen LogP contribution is 2.18. The third kappa shape index (κ3) is 4.67. The fourth-order valence-corrected chi connectivity index (χ4v) is 2.05. The van der Waals surface area contributed by atoms with Crippen LogP contribution in [0.15, 0.2) is 42.5 Å². The lowest BCUT2D eigenvalue weighted by molar-refractivity contribution is 0.249. The van der Waals surface area contributed by atoms with Gasteiger partial charge in [0, 0.05) is 6.07 Å². The van der Waals surface area contributed by atoms with Crippen molar-refractivity contribution in [1.82, 2.24) is 5.32 Å². The van der Waals surface area contributed by atoms with Crippen LogP contribution in [0.5, 0.6) is 5.75 Å². The summed E-state index contributed by atoms with van der Waals surface area (Å²) in [5, 5.41) is 5.04. The Bertz CT molecular complexity index is 675. The minimum absolute atomic E-state index is 0.0807. The van der Waals surface area contributed by atoms with Gasteiger partial charge in [-0.15, -0.1) is 0 Å². The normalized spacial score (nSPS) is 11.7. The molecule has 0 unspecified atom stereocenters. The number of rotatable bonds is 5. The van der Waals surface area contributed by atoms with Gasteiger partial charge in [-0.1, -0.05) is 12.1 Å². The summed E-state index contributed by atoms with van der Waals surface area (Å²) in [6, 6.07) is 9.42. The van der Waals surface area contributed by atoms with Crippen molar-refractivity contribution in [3.05, 3.63) is 59.7 Å². The molecule has 2 rings (SSSR count). The zero-order chi connectivity index (χ0) is 16.8. The number of amides is 2. The Morgan fingerprint density at radius 2 is 1.87 bits per heavy atom. The molecule has 2 aromatic rings. The summed E-state index contributed by atoms with van der Waals surface area (Å²) in [4.78, 5) is 11.9. The second kappa shape index (κ2) is 7.58. The lowest BCUT2D eigenvalue weighted by Gasteiger charge is -2.16. The third-order valence-corrected chi connectivity index (χ3v) is 3.22. The van der Waals surface area contributed by atoms with Gasteiger partial charge in [0.05, 0.1) is 18.3 Å². The fourth-order valence-electron chi connectivity index (χ4n) is 2.05. The van der Waals surface area contributed by atoms with E-state index < -0.39 is 17.7 Å². The van der Waals surface area contributed by atoms with Gasteiger partial charge in [0.15, 0.2) is 0 Å². The highest BCUT2D eigenvalue weighted by Gasteiger charge is 2.12. The van der Waals surface area contributed by atoms with Crippen LogP contribution in [0.4, 0.5) is 19.3 Å². The van der Waals surface area contributed by atoms with Crippen LogP contribution in [0.25, 0.3) is 0 Å². The standard InChI is InChI=1S/C17H18F2N2O2/c1-3-23-14-7-4-12(5-8-14)11(2)20-17(22)21-16-9-6-13(18)10-15(16)19/h4-11H,3H2,1-2H3,(H2,20,21,22)/t11-/m1/s1. The Hall–Kier alpha value is -2.63. The number of hydrogen-bond acceptors (Lipinski definition) is 2. The predicted molar refractivity (Wildman–Crippen MR) is 84.5 cm³/mol. The molecule has 4 nitrogen and oxygen atoms in total. The maximum absolute atomic E-state index is 13.5. The summed E-state index contributed by atoms with van der Waals surface area (Å²) in [5.41, 5.74) is 0.797. The first kappa shape index (κ1) is 16.7. The molecule has 0 aliphatic rings. The Morgan fingerprint density at radius 1 is 1.17 bits per heavy atom. The molecule has 0 aliphatic heterocycles. The molecule has 2 N–H and O–H groups in total. The molecule has 0 heterocycles. The van der Waals surface area contributed by atoms with E-state index in [9.17, 15) is 13.6 Å². The maximum Gasteiger partial charge on any atom is 0.319 e. The van der Waals surface area contributed by atoms with Crippen molar-refractivity contribution in [3.8, 4) is 5.75 Å². The molecular weight excluding hydrogens is 302 g/mol. The van der Waals surface area contributed by atoms with Crippen LogP contribution < -0.4 is 15.4 Å². The molecular formula is C17H18F2N2O2. The van der Waals surface area contributed by atoms with E-state index in [1.165, 1.54) is 6.07 Å². The molecule has 23 heavy (non-hydrogen) atoms. The van der Waals surface area contributed by atoms with Gasteiger partial charge < -0.3 is 15.4 Å². The smallest absolute Gasteiger partial charge is 0.319 e. The number of hydrogen-bond donors (Lipinski definition) is 2. The summed E-state index contributed by atoms with van der Waals surface area (Å²) in [6.45, 7) is 4.28. The largest absolute Gasteiger partial charge is 0.494 e. The van der Waals surface area contributed by atoms with E-state index in [0.29, 0.717) is 12.7 Å². The molecule has 0 radical (unpaired) electrons. The van der Waals surface area contributed by atoms with E-state index in [1.807, 2.05) is 31.2 Å². The van der Waals surface area contributed by atoms with E-state index in [1.54, 1.807) is 6.92 Å². The number of carbonyl (C=O) groups is 1. The Balaban J connectivity index is 1.96. The van der Waals surface area contributed by atoms with E-state index in [-0.39, 0.29) is 11.7 Å². The molecule has 0 saturated carbocycles. The van der Waals surface area contributed by atoms with Gasteiger partial charge in [0.25, 0.3) is 0 Å². The van der Waals surface area contributed by atoms with Crippen LogP contribution in [0, 0.1) is 11.6 Å². The number of halogens is 2. The van der Waals surface area contributed by atoms with Gasteiger partial charge in [0.1, 0.15) is 17.4 Å². The molecule has 6 heteroatoms. The molecule has 122 valence electrons. The van der Waals surface area contributed by atoms with Gasteiger partial charge in [-0.05, 0) is 43.7 Å². The molecule has 0 aromatic heterocycles. The molecule has 0 spiro atoms. The van der Waals surface area contributed by atoms with Crippen LogP contribution in [-0.2, 0) is 0 Å². The molecule has 0 bridgehead atoms. The second-order valence-corrected chi connectivity index (χ2v) is 4.95. The SMILES string of the molecule is CCOc1ccc([C@@H](C)NC(=O)Nc2ccc(F)cc2F)cc1. The number of benzene rings is 2. The quantitative estimate of drug-likeness (QED) is 0.865. The van der Waals surface area contributed by atoms with E-state index in [2.05, 4.69) is 10.6 Å². The molecule has 0 fully saturated rings. The summed E-state index contributed by atoms with van der Waals surface area (Å²) in [7, 11) is 0. The van der Waals surface area contributed by atoms with Gasteiger partial charge in [-0.25, -0.2) is 13.6 Å². The first-order chi connectivity index (χ1) is 11.0. The van der Waals surface area contributed by atoms with Gasteiger partial charge in [-0.3, -0.25) is 0 Å². The molecule has 0 aliphatic carbocycles. The topological polar surface area (TPSA) is 50.4 Å². The van der Waals surface area contributed by atoms with Crippen LogP contribution >= 0.6 is 0 Å². The number of anilines is 1. The number of ether oxygens (including phenoxy) is 1. The van der Waals surface area contributed by atoms with Crippen molar-refractivity contribution >= 4 is 11.7 Å². The Labute approximate surface area is 133 Å². The van der Waals surface area contributed by atoms with Crippen molar-refractivity contribution in [1.29, 1.82) is 0 Å². The average Bonchev–Trinajstić information content (AvgIpc) is 2.51. The van der Waals surface area contributed by atoms with Crippen LogP contribution in [0.2, 0.25) is 0 Å². The van der Waals surface area contributed by atoms with E-state index >= 15 is 0 Å². The third-order valence-electron chi connectivity index (χ3n) is 3.22. The minimum atomic E-state index is -0.825. The number of urea groups is 1. The molecule has 0 saturated heterocycles. The summed E-state index contributed by atoms with van der Waals surface area (Å²) in [6.07, 6.45) is 0. The van der Waals surface area contributed by atoms with Gasteiger partial charge in [0.2, 0.25) is 0 Å². The highest BCUT2D eigenvalue weighted by molar-refractivity contribution is 5.89. The first-order valence-corrected chi connectivity index (χ1v) is 7.25. The summed E-state index contributed by atoms with van der Waals surface area (Å²) >= 11 is 0. The van der Waals surface area contributed by atoms with Crippen molar-refractivity contribution in [2.45, 2.75) is 19.9 Å². The number of nitrogens with one attached hydrogen (secondary N) is 2. The number of carbonyl (C=O) groups excluding carboxylic acids is 1.